The summed E-state index contributed by atoms with van der Waals surface area (Å²) in [4.78, 5) is 12.5. The van der Waals surface area contributed by atoms with Gasteiger partial charge in [-0.15, -0.1) is 0 Å². The van der Waals surface area contributed by atoms with Crippen LogP contribution in [-0.2, 0) is 16.0 Å². The van der Waals surface area contributed by atoms with Crippen LogP contribution >= 0.6 is 0 Å². The Hall–Kier alpha value is -2.62. The van der Waals surface area contributed by atoms with E-state index in [4.69, 9.17) is 9.47 Å². The Morgan fingerprint density at radius 2 is 2.00 bits per heavy atom. The van der Waals surface area contributed by atoms with Crippen molar-refractivity contribution in [3.05, 3.63) is 65.2 Å². The lowest BCUT2D eigenvalue weighted by atomic mass is 10.0. The smallest absolute Gasteiger partial charge is 0.375 e. The highest BCUT2D eigenvalue weighted by Gasteiger charge is 2.33. The maximum absolute atomic E-state index is 12.5. The van der Waals surface area contributed by atoms with Gasteiger partial charge in [-0.1, -0.05) is 42.5 Å². The van der Waals surface area contributed by atoms with Gasteiger partial charge >= 0.3 is 5.97 Å². The molecule has 0 saturated carbocycles. The Labute approximate surface area is 142 Å². The number of nitrogens with zero attached hydrogens (tertiary/aromatic N) is 1. The normalized spacial score (nSPS) is 14.2. The van der Waals surface area contributed by atoms with E-state index in [0.717, 1.165) is 22.4 Å². The van der Waals surface area contributed by atoms with Gasteiger partial charge in [0.15, 0.2) is 6.21 Å². The Morgan fingerprint density at radius 1 is 1.21 bits per heavy atom. The van der Waals surface area contributed by atoms with Gasteiger partial charge in [-0.2, -0.15) is 4.58 Å². The zero-order valence-corrected chi connectivity index (χ0v) is 14.1. The van der Waals surface area contributed by atoms with E-state index in [1.165, 1.54) is 0 Å². The topological polar surface area (TPSA) is 38.5 Å². The Balaban J connectivity index is 1.92. The number of carbonyl (C=O) groups is 1. The van der Waals surface area contributed by atoms with E-state index in [9.17, 15) is 4.79 Å². The van der Waals surface area contributed by atoms with Gasteiger partial charge in [-0.05, 0) is 31.0 Å². The van der Waals surface area contributed by atoms with Crippen LogP contribution in [0.5, 0.6) is 5.75 Å². The van der Waals surface area contributed by atoms with Gasteiger partial charge in [-0.3, -0.25) is 0 Å². The molecule has 4 nitrogen and oxygen atoms in total. The fraction of sp³-hybridized carbons (Fsp3) is 0.300. The average Bonchev–Trinajstić information content (AvgIpc) is 2.61. The summed E-state index contributed by atoms with van der Waals surface area (Å²) in [5.41, 5.74) is 3.18. The molecule has 0 spiro atoms. The van der Waals surface area contributed by atoms with Gasteiger partial charge in [0, 0.05) is 6.42 Å². The van der Waals surface area contributed by atoms with Crippen LogP contribution in [0.15, 0.2) is 48.5 Å². The molecular formula is C20H22NO3+. The fourth-order valence-corrected chi connectivity index (χ4v) is 2.92. The van der Waals surface area contributed by atoms with E-state index in [2.05, 4.69) is 0 Å². The zero-order chi connectivity index (χ0) is 16.9. The van der Waals surface area contributed by atoms with Crippen molar-refractivity contribution in [1.82, 2.24) is 0 Å². The van der Waals surface area contributed by atoms with Crippen LogP contribution in [-0.4, -0.2) is 36.1 Å². The number of carbonyl (C=O) groups excluding carboxylic acids is 1. The van der Waals surface area contributed by atoms with Crippen LogP contribution in [0.25, 0.3) is 0 Å². The molecule has 4 heteroatoms. The average molecular weight is 324 g/mol. The van der Waals surface area contributed by atoms with Crippen molar-refractivity contribution < 1.29 is 18.8 Å². The maximum atomic E-state index is 12.5. The number of para-hydroxylation sites is 1. The predicted molar refractivity (Wildman–Crippen MR) is 92.7 cm³/mol. The van der Waals surface area contributed by atoms with Gasteiger partial charge < -0.3 is 9.47 Å². The van der Waals surface area contributed by atoms with Crippen LogP contribution in [0.3, 0.4) is 0 Å². The number of benzene rings is 2. The molecule has 1 atom stereocenters. The Bertz CT molecular complexity index is 753. The lowest BCUT2D eigenvalue weighted by Gasteiger charge is -2.20. The third-order valence-electron chi connectivity index (χ3n) is 4.14. The zero-order valence-electron chi connectivity index (χ0n) is 14.1. The van der Waals surface area contributed by atoms with E-state index in [1.807, 2.05) is 73.2 Å². The summed E-state index contributed by atoms with van der Waals surface area (Å²) < 4.78 is 13.1. The number of aryl methyl sites for hydroxylation is 1. The molecular weight excluding hydrogens is 302 g/mol. The summed E-state index contributed by atoms with van der Waals surface area (Å²) in [6, 6.07) is 15.6. The van der Waals surface area contributed by atoms with Crippen molar-refractivity contribution in [3.8, 4) is 5.75 Å². The summed E-state index contributed by atoms with van der Waals surface area (Å²) in [5, 5.41) is 0. The van der Waals surface area contributed by atoms with E-state index >= 15 is 0 Å². The molecule has 1 unspecified atom stereocenters. The minimum absolute atomic E-state index is 0.225. The molecule has 2 aromatic carbocycles. The first-order chi connectivity index (χ1) is 11.7. The molecule has 0 saturated heterocycles. The quantitative estimate of drug-likeness (QED) is 0.627. The highest BCUT2D eigenvalue weighted by Crippen LogP contribution is 2.25. The number of fused-ring (bicyclic) bond motifs is 1. The van der Waals surface area contributed by atoms with E-state index in [0.29, 0.717) is 19.8 Å². The number of esters is 1. The van der Waals surface area contributed by atoms with Gasteiger partial charge in [0.25, 0.3) is 12.8 Å². The minimum Gasteiger partial charge on any atom is -0.461 e. The van der Waals surface area contributed by atoms with Crippen LogP contribution in [0.4, 0.5) is 0 Å². The second kappa shape index (κ2) is 7.30. The van der Waals surface area contributed by atoms with E-state index < -0.39 is 6.04 Å². The number of hydrogen-bond donors (Lipinski definition) is 0. The molecule has 24 heavy (non-hydrogen) atoms. The first-order valence-electron chi connectivity index (χ1n) is 8.22. The third-order valence-corrected chi connectivity index (χ3v) is 4.14. The SMILES string of the molecule is CCOC(=O)C(Cc1ccccc1)[N+]1=Cc2cccc(C)c2OC1. The molecule has 0 amide bonds. The van der Waals surface area contributed by atoms with Gasteiger partial charge in [0.1, 0.15) is 5.75 Å². The standard InChI is InChI=1S/C20H22NO3/c1-3-23-20(22)18(12-16-9-5-4-6-10-16)21-13-17-11-7-8-15(2)19(17)24-14-21/h4-11,13,18H,3,12,14H2,1-2H3/q+1. The first-order valence-corrected chi connectivity index (χ1v) is 8.22. The van der Waals surface area contributed by atoms with Crippen molar-refractivity contribution in [1.29, 1.82) is 0 Å². The highest BCUT2D eigenvalue weighted by atomic mass is 16.5. The van der Waals surface area contributed by atoms with Crippen LogP contribution < -0.4 is 4.74 Å². The molecule has 0 radical (unpaired) electrons. The first kappa shape index (κ1) is 16.2. The Kier molecular flexibility index (Phi) is 4.94. The summed E-state index contributed by atoms with van der Waals surface area (Å²) in [6.45, 7) is 4.56. The van der Waals surface area contributed by atoms with Crippen LogP contribution in [0.1, 0.15) is 23.6 Å². The van der Waals surface area contributed by atoms with Crippen LogP contribution in [0, 0.1) is 6.92 Å². The highest BCUT2D eigenvalue weighted by molar-refractivity contribution is 5.83. The summed E-state index contributed by atoms with van der Waals surface area (Å²) in [5.74, 6) is 0.661. The molecule has 1 heterocycles. The number of ether oxygens (including phenoxy) is 2. The van der Waals surface area contributed by atoms with Gasteiger partial charge in [-0.25, -0.2) is 4.79 Å². The lowest BCUT2D eigenvalue weighted by molar-refractivity contribution is -0.580. The van der Waals surface area contributed by atoms with Gasteiger partial charge in [0.2, 0.25) is 0 Å². The molecule has 1 aliphatic rings. The van der Waals surface area contributed by atoms with Crippen molar-refractivity contribution >= 4 is 12.2 Å². The summed E-state index contributed by atoms with van der Waals surface area (Å²) in [6.07, 6.45) is 2.58. The molecule has 0 bridgehead atoms. The molecule has 1 aliphatic heterocycles. The van der Waals surface area contributed by atoms with Crippen LogP contribution in [0.2, 0.25) is 0 Å². The summed E-state index contributed by atoms with van der Waals surface area (Å²) in [7, 11) is 0. The van der Waals surface area contributed by atoms with E-state index in [-0.39, 0.29) is 5.97 Å². The molecule has 124 valence electrons. The fourth-order valence-electron chi connectivity index (χ4n) is 2.92. The molecule has 0 aromatic heterocycles. The molecule has 2 aromatic rings. The van der Waals surface area contributed by atoms with Crippen molar-refractivity contribution in [2.24, 2.45) is 0 Å². The Morgan fingerprint density at radius 3 is 2.75 bits per heavy atom. The summed E-state index contributed by atoms with van der Waals surface area (Å²) >= 11 is 0. The molecule has 0 aliphatic carbocycles. The van der Waals surface area contributed by atoms with Crippen molar-refractivity contribution in [2.45, 2.75) is 26.3 Å². The largest absolute Gasteiger partial charge is 0.461 e. The maximum Gasteiger partial charge on any atom is 0.375 e. The minimum atomic E-state index is -0.402. The number of hydrogen-bond acceptors (Lipinski definition) is 3. The molecule has 0 fully saturated rings. The van der Waals surface area contributed by atoms with Crippen molar-refractivity contribution in [2.75, 3.05) is 13.3 Å². The second-order valence-corrected chi connectivity index (χ2v) is 5.87. The lowest BCUT2D eigenvalue weighted by Crippen LogP contribution is -2.41. The predicted octanol–water partition coefficient (Wildman–Crippen LogP) is 2.95. The molecule has 3 rings (SSSR count). The number of rotatable bonds is 5. The molecule has 0 N–H and O–H groups in total. The van der Waals surface area contributed by atoms with Crippen molar-refractivity contribution in [3.63, 3.8) is 0 Å². The monoisotopic (exact) mass is 324 g/mol. The van der Waals surface area contributed by atoms with Gasteiger partial charge in [0.05, 0.1) is 12.2 Å². The van der Waals surface area contributed by atoms with E-state index in [1.54, 1.807) is 0 Å². The third kappa shape index (κ3) is 3.48. The second-order valence-electron chi connectivity index (χ2n) is 5.87.